The van der Waals surface area contributed by atoms with E-state index in [0.29, 0.717) is 25.6 Å². The van der Waals surface area contributed by atoms with Crippen molar-refractivity contribution in [2.45, 2.75) is 39.2 Å². The lowest BCUT2D eigenvalue weighted by Gasteiger charge is -2.31. The van der Waals surface area contributed by atoms with Crippen molar-refractivity contribution < 1.29 is 14.3 Å². The van der Waals surface area contributed by atoms with Gasteiger partial charge < -0.3 is 14.4 Å². The zero-order chi connectivity index (χ0) is 15.2. The SMILES string of the molecule is CCC(C)c1ccccc1OCC(=O)N1CCOC(C)C1. The highest BCUT2D eigenvalue weighted by atomic mass is 16.5. The fraction of sp³-hybridized carbons (Fsp3) is 0.588. The fourth-order valence-electron chi connectivity index (χ4n) is 2.51. The van der Waals surface area contributed by atoms with Crippen LogP contribution >= 0.6 is 0 Å². The Labute approximate surface area is 127 Å². The average molecular weight is 291 g/mol. The quantitative estimate of drug-likeness (QED) is 0.837. The summed E-state index contributed by atoms with van der Waals surface area (Å²) in [5.41, 5.74) is 1.17. The number of hydrogen-bond donors (Lipinski definition) is 0. The summed E-state index contributed by atoms with van der Waals surface area (Å²) in [6.45, 7) is 8.32. The van der Waals surface area contributed by atoms with Gasteiger partial charge in [-0.05, 0) is 30.9 Å². The third-order valence-corrected chi connectivity index (χ3v) is 4.01. The van der Waals surface area contributed by atoms with Crippen LogP contribution in [0.1, 0.15) is 38.7 Å². The molecule has 2 rings (SSSR count). The largest absolute Gasteiger partial charge is 0.483 e. The molecule has 1 fully saturated rings. The van der Waals surface area contributed by atoms with Crippen LogP contribution in [0, 0.1) is 0 Å². The van der Waals surface area contributed by atoms with E-state index < -0.39 is 0 Å². The van der Waals surface area contributed by atoms with Gasteiger partial charge in [0.05, 0.1) is 12.7 Å². The van der Waals surface area contributed by atoms with E-state index in [4.69, 9.17) is 9.47 Å². The van der Waals surface area contributed by atoms with Crippen molar-refractivity contribution in [2.75, 3.05) is 26.3 Å². The van der Waals surface area contributed by atoms with Gasteiger partial charge in [0, 0.05) is 13.1 Å². The van der Waals surface area contributed by atoms with Crippen LogP contribution in [0.3, 0.4) is 0 Å². The van der Waals surface area contributed by atoms with Crippen LogP contribution in [-0.4, -0.2) is 43.2 Å². The summed E-state index contributed by atoms with van der Waals surface area (Å²) < 4.78 is 11.2. The molecule has 0 saturated carbocycles. The zero-order valence-electron chi connectivity index (χ0n) is 13.2. The van der Waals surface area contributed by atoms with Crippen LogP contribution in [0.5, 0.6) is 5.75 Å². The summed E-state index contributed by atoms with van der Waals surface area (Å²) in [4.78, 5) is 14.0. The summed E-state index contributed by atoms with van der Waals surface area (Å²) in [6, 6.07) is 7.98. The monoisotopic (exact) mass is 291 g/mol. The number of benzene rings is 1. The molecular formula is C17H25NO3. The first-order valence-corrected chi connectivity index (χ1v) is 7.73. The van der Waals surface area contributed by atoms with E-state index >= 15 is 0 Å². The molecule has 0 bridgehead atoms. The Kier molecular flexibility index (Phi) is 5.62. The second kappa shape index (κ2) is 7.46. The number of amides is 1. The molecule has 0 radical (unpaired) electrons. The van der Waals surface area contributed by atoms with Gasteiger partial charge in [-0.3, -0.25) is 4.79 Å². The fourth-order valence-corrected chi connectivity index (χ4v) is 2.51. The van der Waals surface area contributed by atoms with E-state index in [9.17, 15) is 4.79 Å². The molecule has 1 aromatic carbocycles. The Morgan fingerprint density at radius 3 is 2.95 bits per heavy atom. The van der Waals surface area contributed by atoms with Gasteiger partial charge >= 0.3 is 0 Å². The molecule has 1 aliphatic heterocycles. The first kappa shape index (κ1) is 15.8. The Hall–Kier alpha value is -1.55. The third kappa shape index (κ3) is 4.21. The minimum absolute atomic E-state index is 0.0316. The second-order valence-corrected chi connectivity index (χ2v) is 5.66. The lowest BCUT2D eigenvalue weighted by molar-refractivity contribution is -0.140. The molecular weight excluding hydrogens is 266 g/mol. The van der Waals surface area contributed by atoms with Crippen molar-refractivity contribution in [3.8, 4) is 5.75 Å². The summed E-state index contributed by atoms with van der Waals surface area (Å²) >= 11 is 0. The van der Waals surface area contributed by atoms with Crippen molar-refractivity contribution in [1.29, 1.82) is 0 Å². The molecule has 2 unspecified atom stereocenters. The highest BCUT2D eigenvalue weighted by Gasteiger charge is 2.22. The number of hydrogen-bond acceptors (Lipinski definition) is 3. The summed E-state index contributed by atoms with van der Waals surface area (Å²) in [7, 11) is 0. The highest BCUT2D eigenvalue weighted by molar-refractivity contribution is 5.78. The maximum atomic E-state index is 12.2. The molecule has 1 saturated heterocycles. The number of ether oxygens (including phenoxy) is 2. The Morgan fingerprint density at radius 2 is 2.24 bits per heavy atom. The maximum Gasteiger partial charge on any atom is 0.260 e. The molecule has 1 heterocycles. The smallest absolute Gasteiger partial charge is 0.260 e. The molecule has 0 spiro atoms. The van der Waals surface area contributed by atoms with Crippen molar-refractivity contribution in [3.63, 3.8) is 0 Å². The molecule has 0 aliphatic carbocycles. The highest BCUT2D eigenvalue weighted by Crippen LogP contribution is 2.28. The van der Waals surface area contributed by atoms with Crippen molar-refractivity contribution in [3.05, 3.63) is 29.8 Å². The van der Waals surface area contributed by atoms with Crippen molar-refractivity contribution in [1.82, 2.24) is 4.90 Å². The number of para-hydroxylation sites is 1. The number of rotatable bonds is 5. The molecule has 1 aromatic rings. The van der Waals surface area contributed by atoms with Crippen LogP contribution in [0.2, 0.25) is 0 Å². The van der Waals surface area contributed by atoms with Gasteiger partial charge in [0.1, 0.15) is 5.75 Å². The average Bonchev–Trinajstić information content (AvgIpc) is 2.52. The van der Waals surface area contributed by atoms with E-state index in [0.717, 1.165) is 12.2 Å². The van der Waals surface area contributed by atoms with Gasteiger partial charge in [-0.25, -0.2) is 0 Å². The number of morpholine rings is 1. The minimum atomic E-state index is 0.0316. The van der Waals surface area contributed by atoms with Crippen LogP contribution in [0.4, 0.5) is 0 Å². The van der Waals surface area contributed by atoms with Crippen molar-refractivity contribution >= 4 is 5.91 Å². The van der Waals surface area contributed by atoms with Gasteiger partial charge in [-0.2, -0.15) is 0 Å². The van der Waals surface area contributed by atoms with Gasteiger partial charge in [-0.1, -0.05) is 32.0 Å². The molecule has 4 nitrogen and oxygen atoms in total. The molecule has 2 atom stereocenters. The van der Waals surface area contributed by atoms with Crippen molar-refractivity contribution in [2.24, 2.45) is 0 Å². The van der Waals surface area contributed by atoms with Gasteiger partial charge in [-0.15, -0.1) is 0 Å². The predicted molar refractivity (Wildman–Crippen MR) is 82.6 cm³/mol. The molecule has 116 valence electrons. The van der Waals surface area contributed by atoms with Crippen LogP contribution in [0.25, 0.3) is 0 Å². The first-order chi connectivity index (χ1) is 10.1. The van der Waals surface area contributed by atoms with Crippen LogP contribution in [-0.2, 0) is 9.53 Å². The summed E-state index contributed by atoms with van der Waals surface area (Å²) in [5, 5.41) is 0. The molecule has 21 heavy (non-hydrogen) atoms. The standard InChI is InChI=1S/C17H25NO3/c1-4-13(2)15-7-5-6-8-16(15)21-12-17(19)18-9-10-20-14(3)11-18/h5-8,13-14H,4,9-12H2,1-3H3. The van der Waals surface area contributed by atoms with E-state index in [1.54, 1.807) is 0 Å². The van der Waals surface area contributed by atoms with Gasteiger partial charge in [0.15, 0.2) is 6.61 Å². The van der Waals surface area contributed by atoms with E-state index in [1.165, 1.54) is 5.56 Å². The second-order valence-electron chi connectivity index (χ2n) is 5.66. The number of carbonyl (C=O) groups is 1. The first-order valence-electron chi connectivity index (χ1n) is 7.73. The topological polar surface area (TPSA) is 38.8 Å². The molecule has 0 N–H and O–H groups in total. The molecule has 0 aromatic heterocycles. The summed E-state index contributed by atoms with van der Waals surface area (Å²) in [5.74, 6) is 1.28. The van der Waals surface area contributed by atoms with Gasteiger partial charge in [0.2, 0.25) is 0 Å². The Morgan fingerprint density at radius 1 is 1.48 bits per heavy atom. The zero-order valence-corrected chi connectivity index (χ0v) is 13.2. The lowest BCUT2D eigenvalue weighted by atomic mass is 9.98. The Balaban J connectivity index is 1.95. The number of nitrogens with zero attached hydrogens (tertiary/aromatic N) is 1. The third-order valence-electron chi connectivity index (χ3n) is 4.01. The summed E-state index contributed by atoms with van der Waals surface area (Å²) in [6.07, 6.45) is 1.16. The maximum absolute atomic E-state index is 12.2. The number of carbonyl (C=O) groups excluding carboxylic acids is 1. The minimum Gasteiger partial charge on any atom is -0.483 e. The molecule has 1 amide bonds. The van der Waals surface area contributed by atoms with E-state index in [1.807, 2.05) is 30.0 Å². The van der Waals surface area contributed by atoms with Gasteiger partial charge in [0.25, 0.3) is 5.91 Å². The Bertz CT molecular complexity index is 475. The predicted octanol–water partition coefficient (Wildman–Crippen LogP) is 2.83. The molecule has 1 aliphatic rings. The van der Waals surface area contributed by atoms with Crippen LogP contribution < -0.4 is 4.74 Å². The van der Waals surface area contributed by atoms with E-state index in [-0.39, 0.29) is 18.6 Å². The normalized spacial score (nSPS) is 20.1. The molecule has 4 heteroatoms. The van der Waals surface area contributed by atoms with E-state index in [2.05, 4.69) is 19.9 Å². The van der Waals surface area contributed by atoms with Crippen LogP contribution in [0.15, 0.2) is 24.3 Å². The lowest BCUT2D eigenvalue weighted by Crippen LogP contribution is -2.46.